The third-order valence-corrected chi connectivity index (χ3v) is 7.32. The number of rotatable bonds is 9. The van der Waals surface area contributed by atoms with Gasteiger partial charge < -0.3 is 5.32 Å². The SMILES string of the molecule is O=C(CSc1nnc(-c2cccnc2)n1Cc1ccccc1)NC1CCN(Cc2ccccc2)CC1. The molecule has 0 spiro atoms. The minimum atomic E-state index is 0.0405. The third-order valence-electron chi connectivity index (χ3n) is 6.35. The summed E-state index contributed by atoms with van der Waals surface area (Å²) >= 11 is 1.43. The second kappa shape index (κ2) is 12.0. The van der Waals surface area contributed by atoms with E-state index in [0.717, 1.165) is 54.6 Å². The molecule has 4 aromatic rings. The molecule has 3 heterocycles. The largest absolute Gasteiger partial charge is 0.353 e. The Morgan fingerprint density at radius 3 is 2.25 bits per heavy atom. The number of piperidine rings is 1. The van der Waals surface area contributed by atoms with E-state index >= 15 is 0 Å². The van der Waals surface area contributed by atoms with Crippen molar-refractivity contribution in [3.05, 3.63) is 96.3 Å². The van der Waals surface area contributed by atoms with Gasteiger partial charge in [-0.25, -0.2) is 0 Å². The summed E-state index contributed by atoms with van der Waals surface area (Å²) in [4.78, 5) is 19.5. The third kappa shape index (κ3) is 6.38. The lowest BCUT2D eigenvalue weighted by molar-refractivity contribution is -0.119. The van der Waals surface area contributed by atoms with Crippen molar-refractivity contribution in [2.45, 2.75) is 37.1 Å². The molecule has 0 aliphatic carbocycles. The maximum Gasteiger partial charge on any atom is 0.230 e. The van der Waals surface area contributed by atoms with Crippen LogP contribution in [0, 0.1) is 0 Å². The highest BCUT2D eigenvalue weighted by Gasteiger charge is 2.22. The molecular formula is C28H30N6OS. The molecule has 184 valence electrons. The molecule has 1 aliphatic heterocycles. The van der Waals surface area contributed by atoms with Crippen molar-refractivity contribution in [1.29, 1.82) is 0 Å². The van der Waals surface area contributed by atoms with Gasteiger partial charge in [0.05, 0.1) is 12.3 Å². The highest BCUT2D eigenvalue weighted by molar-refractivity contribution is 7.99. The number of benzene rings is 2. The van der Waals surface area contributed by atoms with Crippen LogP contribution in [0.3, 0.4) is 0 Å². The van der Waals surface area contributed by atoms with Crippen molar-refractivity contribution >= 4 is 17.7 Å². The molecule has 1 saturated heterocycles. The molecule has 2 aromatic heterocycles. The van der Waals surface area contributed by atoms with Gasteiger partial charge in [-0.15, -0.1) is 10.2 Å². The number of hydrogen-bond acceptors (Lipinski definition) is 6. The number of hydrogen-bond donors (Lipinski definition) is 1. The molecule has 7 nitrogen and oxygen atoms in total. The molecule has 5 rings (SSSR count). The van der Waals surface area contributed by atoms with Gasteiger partial charge in [-0.1, -0.05) is 72.4 Å². The van der Waals surface area contributed by atoms with E-state index in [1.54, 1.807) is 12.4 Å². The number of carbonyl (C=O) groups is 1. The van der Waals surface area contributed by atoms with E-state index in [4.69, 9.17) is 0 Å². The first-order valence-electron chi connectivity index (χ1n) is 12.3. The van der Waals surface area contributed by atoms with Gasteiger partial charge in [0.2, 0.25) is 5.91 Å². The predicted octanol–water partition coefficient (Wildman–Crippen LogP) is 4.26. The standard InChI is InChI=1S/C28H30N6OS/c35-26(30-25-13-16-33(17-14-25)19-22-8-3-1-4-9-22)21-36-28-32-31-27(24-12-7-15-29-18-24)34(28)20-23-10-5-2-6-11-23/h1-12,15,18,25H,13-14,16-17,19-21H2,(H,30,35). The fourth-order valence-corrected chi connectivity index (χ4v) is 5.24. The van der Waals surface area contributed by atoms with Crippen molar-refractivity contribution < 1.29 is 4.79 Å². The summed E-state index contributed by atoms with van der Waals surface area (Å²) < 4.78 is 2.06. The van der Waals surface area contributed by atoms with Gasteiger partial charge in [0, 0.05) is 43.6 Å². The first kappa shape index (κ1) is 24.2. The van der Waals surface area contributed by atoms with Crippen molar-refractivity contribution in [3.63, 3.8) is 0 Å². The molecule has 0 atom stereocenters. The van der Waals surface area contributed by atoms with Crippen LogP contribution in [0.1, 0.15) is 24.0 Å². The Labute approximate surface area is 216 Å². The van der Waals surface area contributed by atoms with E-state index in [0.29, 0.717) is 12.3 Å². The zero-order valence-corrected chi connectivity index (χ0v) is 21.0. The number of thioether (sulfide) groups is 1. The van der Waals surface area contributed by atoms with E-state index < -0.39 is 0 Å². The van der Waals surface area contributed by atoms with Gasteiger partial charge in [0.15, 0.2) is 11.0 Å². The van der Waals surface area contributed by atoms with Gasteiger partial charge in [0.25, 0.3) is 0 Å². The number of carbonyl (C=O) groups excluding carboxylic acids is 1. The van der Waals surface area contributed by atoms with Crippen LogP contribution in [0.4, 0.5) is 0 Å². The Morgan fingerprint density at radius 1 is 0.889 bits per heavy atom. The summed E-state index contributed by atoms with van der Waals surface area (Å²) in [5.74, 6) is 1.10. The van der Waals surface area contributed by atoms with Crippen LogP contribution in [-0.4, -0.2) is 55.4 Å². The second-order valence-corrected chi connectivity index (χ2v) is 9.95. The fraction of sp³-hybridized carbons (Fsp3) is 0.286. The minimum absolute atomic E-state index is 0.0405. The molecule has 1 aliphatic rings. The van der Waals surface area contributed by atoms with Gasteiger partial charge in [0.1, 0.15) is 0 Å². The lowest BCUT2D eigenvalue weighted by Gasteiger charge is -2.32. The summed E-state index contributed by atoms with van der Waals surface area (Å²) in [6.45, 7) is 3.58. The predicted molar refractivity (Wildman–Crippen MR) is 142 cm³/mol. The lowest BCUT2D eigenvalue weighted by Crippen LogP contribution is -2.44. The number of likely N-dealkylation sites (tertiary alicyclic amines) is 1. The molecule has 1 N–H and O–H groups in total. The zero-order valence-electron chi connectivity index (χ0n) is 20.2. The van der Waals surface area contributed by atoms with E-state index in [1.807, 2.05) is 36.4 Å². The number of nitrogens with one attached hydrogen (secondary N) is 1. The fourth-order valence-electron chi connectivity index (χ4n) is 4.49. The molecule has 8 heteroatoms. The number of aromatic nitrogens is 4. The molecule has 0 radical (unpaired) electrons. The molecule has 2 aromatic carbocycles. The van der Waals surface area contributed by atoms with Crippen molar-refractivity contribution in [1.82, 2.24) is 30.0 Å². The molecule has 36 heavy (non-hydrogen) atoms. The number of nitrogens with zero attached hydrogens (tertiary/aromatic N) is 5. The first-order chi connectivity index (χ1) is 17.7. The minimum Gasteiger partial charge on any atom is -0.353 e. The van der Waals surface area contributed by atoms with Gasteiger partial charge >= 0.3 is 0 Å². The Balaban J connectivity index is 1.17. The van der Waals surface area contributed by atoms with Crippen molar-refractivity contribution in [2.24, 2.45) is 0 Å². The summed E-state index contributed by atoms with van der Waals surface area (Å²) in [5, 5.41) is 12.8. The summed E-state index contributed by atoms with van der Waals surface area (Å²) in [6, 6.07) is 24.9. The van der Waals surface area contributed by atoms with Crippen molar-refractivity contribution in [3.8, 4) is 11.4 Å². The highest BCUT2D eigenvalue weighted by atomic mass is 32.2. The normalized spacial score (nSPS) is 14.6. The van der Waals surface area contributed by atoms with E-state index in [2.05, 4.69) is 66.4 Å². The first-order valence-corrected chi connectivity index (χ1v) is 13.3. The van der Waals surface area contributed by atoms with Gasteiger partial charge in [-0.3, -0.25) is 19.2 Å². The average Bonchev–Trinajstić information content (AvgIpc) is 3.32. The second-order valence-electron chi connectivity index (χ2n) is 9.01. The van der Waals surface area contributed by atoms with Crippen LogP contribution < -0.4 is 5.32 Å². The van der Waals surface area contributed by atoms with Gasteiger partial charge in [-0.2, -0.15) is 0 Å². The van der Waals surface area contributed by atoms with Crippen LogP contribution in [-0.2, 0) is 17.9 Å². The number of pyridine rings is 1. The smallest absolute Gasteiger partial charge is 0.230 e. The molecule has 1 fully saturated rings. The van der Waals surface area contributed by atoms with E-state index in [1.165, 1.54) is 17.3 Å². The quantitative estimate of drug-likeness (QED) is 0.348. The zero-order chi connectivity index (χ0) is 24.6. The maximum absolute atomic E-state index is 12.8. The Kier molecular flexibility index (Phi) is 8.05. The lowest BCUT2D eigenvalue weighted by atomic mass is 10.0. The Morgan fingerprint density at radius 2 is 1.58 bits per heavy atom. The van der Waals surface area contributed by atoms with Crippen LogP contribution in [0.25, 0.3) is 11.4 Å². The summed E-state index contributed by atoms with van der Waals surface area (Å²) in [6.07, 6.45) is 5.47. The van der Waals surface area contributed by atoms with Crippen LogP contribution >= 0.6 is 11.8 Å². The highest BCUT2D eigenvalue weighted by Crippen LogP contribution is 2.25. The maximum atomic E-state index is 12.8. The monoisotopic (exact) mass is 498 g/mol. The Hall–Kier alpha value is -3.49. The van der Waals surface area contributed by atoms with Crippen LogP contribution in [0.5, 0.6) is 0 Å². The van der Waals surface area contributed by atoms with E-state index in [9.17, 15) is 4.79 Å². The molecule has 0 bridgehead atoms. The molecular weight excluding hydrogens is 468 g/mol. The van der Waals surface area contributed by atoms with E-state index in [-0.39, 0.29) is 11.9 Å². The average molecular weight is 499 g/mol. The summed E-state index contributed by atoms with van der Waals surface area (Å²) in [5.41, 5.74) is 3.39. The van der Waals surface area contributed by atoms with Gasteiger partial charge in [-0.05, 0) is 36.1 Å². The molecule has 0 saturated carbocycles. The van der Waals surface area contributed by atoms with Crippen LogP contribution in [0.2, 0.25) is 0 Å². The Bertz CT molecular complexity index is 1240. The summed E-state index contributed by atoms with van der Waals surface area (Å²) in [7, 11) is 0. The number of amides is 1. The van der Waals surface area contributed by atoms with Crippen molar-refractivity contribution in [2.75, 3.05) is 18.8 Å². The topological polar surface area (TPSA) is 75.9 Å². The molecule has 1 amide bonds. The van der Waals surface area contributed by atoms with Crippen LogP contribution in [0.15, 0.2) is 90.3 Å². The molecule has 0 unspecified atom stereocenters.